The van der Waals surface area contributed by atoms with Crippen molar-refractivity contribution in [1.82, 2.24) is 10.2 Å². The van der Waals surface area contributed by atoms with E-state index in [2.05, 4.69) is 5.32 Å². The Hall–Kier alpha value is -1.10. The second-order valence-electron chi connectivity index (χ2n) is 5.31. The molecule has 102 valence electrons. The Kier molecular flexibility index (Phi) is 4.22. The summed E-state index contributed by atoms with van der Waals surface area (Å²) in [6, 6.07) is -0.218. The summed E-state index contributed by atoms with van der Waals surface area (Å²) in [5.41, 5.74) is -0.567. The molecule has 1 aliphatic heterocycles. The molecule has 0 aromatic carbocycles. The van der Waals surface area contributed by atoms with Gasteiger partial charge >= 0.3 is 6.03 Å². The number of nitrogens with one attached hydrogen (secondary N) is 1. The van der Waals surface area contributed by atoms with Crippen LogP contribution in [0, 0.1) is 0 Å². The highest BCUT2D eigenvalue weighted by Crippen LogP contribution is 2.35. The van der Waals surface area contributed by atoms with Gasteiger partial charge in [0.2, 0.25) is 0 Å². The van der Waals surface area contributed by atoms with Crippen LogP contribution in [0.25, 0.3) is 0 Å². The molecule has 0 aromatic heterocycles. The zero-order chi connectivity index (χ0) is 13.0. The Morgan fingerprint density at radius 2 is 1.78 bits per heavy atom. The van der Waals surface area contributed by atoms with Gasteiger partial charge in [-0.05, 0) is 25.7 Å². The summed E-state index contributed by atoms with van der Waals surface area (Å²) in [7, 11) is 0. The van der Waals surface area contributed by atoms with Crippen molar-refractivity contribution in [3.05, 3.63) is 0 Å². The second-order valence-corrected chi connectivity index (χ2v) is 5.31. The van der Waals surface area contributed by atoms with E-state index in [9.17, 15) is 9.59 Å². The fourth-order valence-corrected chi connectivity index (χ4v) is 2.93. The van der Waals surface area contributed by atoms with Gasteiger partial charge in [-0.15, -0.1) is 0 Å². The molecular weight excluding hydrogens is 232 g/mol. The summed E-state index contributed by atoms with van der Waals surface area (Å²) in [5, 5.41) is 11.6. The van der Waals surface area contributed by atoms with Crippen molar-refractivity contribution in [3.8, 4) is 0 Å². The lowest BCUT2D eigenvalue weighted by Gasteiger charge is -2.19. The van der Waals surface area contributed by atoms with Gasteiger partial charge in [0.25, 0.3) is 5.91 Å². The minimum absolute atomic E-state index is 0.0211. The Morgan fingerprint density at radius 1 is 1.11 bits per heavy atom. The Bertz CT molecular complexity index is 324. The third-order valence-corrected chi connectivity index (χ3v) is 3.99. The standard InChI is InChI=1S/C13H22N2O3/c16-10-6-2-1-5-9-15-11(17)13(14-12(15)18)7-3-4-8-13/h16H,1-10H2,(H,14,18). The van der Waals surface area contributed by atoms with E-state index in [1.165, 1.54) is 4.90 Å². The van der Waals surface area contributed by atoms with Crippen LogP contribution in [0.5, 0.6) is 0 Å². The quantitative estimate of drug-likeness (QED) is 0.556. The van der Waals surface area contributed by atoms with Crippen molar-refractivity contribution in [1.29, 1.82) is 0 Å². The Morgan fingerprint density at radius 3 is 2.44 bits per heavy atom. The van der Waals surface area contributed by atoms with Crippen LogP contribution in [0.1, 0.15) is 51.4 Å². The number of rotatable bonds is 6. The topological polar surface area (TPSA) is 69.6 Å². The molecule has 5 nitrogen and oxygen atoms in total. The molecule has 0 atom stereocenters. The van der Waals surface area contributed by atoms with Crippen LogP contribution in [-0.2, 0) is 4.79 Å². The van der Waals surface area contributed by atoms with Crippen LogP contribution in [0.15, 0.2) is 0 Å². The highest BCUT2D eigenvalue weighted by molar-refractivity contribution is 6.07. The van der Waals surface area contributed by atoms with Crippen LogP contribution in [0.4, 0.5) is 4.79 Å². The van der Waals surface area contributed by atoms with E-state index in [-0.39, 0.29) is 18.5 Å². The lowest BCUT2D eigenvalue weighted by Crippen LogP contribution is -2.44. The SMILES string of the molecule is O=C1NC2(CCCC2)C(=O)N1CCCCCCO. The fraction of sp³-hybridized carbons (Fsp3) is 0.846. The van der Waals surface area contributed by atoms with Crippen LogP contribution >= 0.6 is 0 Å². The number of hydrogen-bond acceptors (Lipinski definition) is 3. The summed E-state index contributed by atoms with van der Waals surface area (Å²) >= 11 is 0. The van der Waals surface area contributed by atoms with Gasteiger partial charge in [-0.3, -0.25) is 9.69 Å². The second kappa shape index (κ2) is 5.69. The fourth-order valence-electron chi connectivity index (χ4n) is 2.93. The van der Waals surface area contributed by atoms with Crippen LogP contribution in [0.3, 0.4) is 0 Å². The van der Waals surface area contributed by atoms with Crippen LogP contribution in [0.2, 0.25) is 0 Å². The summed E-state index contributed by atoms with van der Waals surface area (Å²) in [6.45, 7) is 0.726. The molecule has 2 aliphatic rings. The van der Waals surface area contributed by atoms with Crippen molar-refractivity contribution in [3.63, 3.8) is 0 Å². The molecule has 3 amide bonds. The maximum Gasteiger partial charge on any atom is 0.325 e. The first-order valence-corrected chi connectivity index (χ1v) is 6.95. The van der Waals surface area contributed by atoms with Crippen LogP contribution < -0.4 is 5.32 Å². The van der Waals surface area contributed by atoms with Gasteiger partial charge in [0.1, 0.15) is 5.54 Å². The largest absolute Gasteiger partial charge is 0.396 e. The van der Waals surface area contributed by atoms with Gasteiger partial charge in [-0.2, -0.15) is 0 Å². The number of carbonyl (C=O) groups excluding carboxylic acids is 2. The zero-order valence-corrected chi connectivity index (χ0v) is 10.8. The molecule has 1 aliphatic carbocycles. The van der Waals surface area contributed by atoms with Crippen molar-refractivity contribution in [2.45, 2.75) is 56.9 Å². The maximum atomic E-state index is 12.3. The summed E-state index contributed by atoms with van der Waals surface area (Å²) in [6.07, 6.45) is 7.15. The van der Waals surface area contributed by atoms with Gasteiger partial charge in [-0.25, -0.2) is 4.79 Å². The predicted octanol–water partition coefficient (Wildman–Crippen LogP) is 1.40. The average Bonchev–Trinajstić information content (AvgIpc) is 2.90. The first kappa shape index (κ1) is 13.3. The molecule has 0 aromatic rings. The molecule has 0 bridgehead atoms. The monoisotopic (exact) mass is 254 g/mol. The van der Waals surface area contributed by atoms with E-state index >= 15 is 0 Å². The van der Waals surface area contributed by atoms with Gasteiger partial charge in [0.05, 0.1) is 0 Å². The molecule has 1 heterocycles. The smallest absolute Gasteiger partial charge is 0.325 e. The lowest BCUT2D eigenvalue weighted by atomic mass is 9.98. The van der Waals surface area contributed by atoms with E-state index < -0.39 is 5.54 Å². The van der Waals surface area contributed by atoms with Crippen molar-refractivity contribution in [2.75, 3.05) is 13.2 Å². The van der Waals surface area contributed by atoms with Gasteiger partial charge in [0, 0.05) is 13.2 Å². The van der Waals surface area contributed by atoms with Crippen molar-refractivity contribution >= 4 is 11.9 Å². The molecule has 1 saturated carbocycles. The van der Waals surface area contributed by atoms with Gasteiger partial charge in [-0.1, -0.05) is 25.7 Å². The zero-order valence-electron chi connectivity index (χ0n) is 10.8. The minimum Gasteiger partial charge on any atom is -0.396 e. The lowest BCUT2D eigenvalue weighted by molar-refractivity contribution is -0.131. The molecule has 2 rings (SSSR count). The molecule has 2 N–H and O–H groups in total. The van der Waals surface area contributed by atoms with E-state index in [0.29, 0.717) is 6.54 Å². The van der Waals surface area contributed by atoms with Crippen LogP contribution in [-0.4, -0.2) is 40.6 Å². The maximum absolute atomic E-state index is 12.3. The number of aliphatic hydroxyl groups is 1. The van der Waals surface area contributed by atoms with Crippen molar-refractivity contribution in [2.24, 2.45) is 0 Å². The number of urea groups is 1. The Labute approximate surface area is 108 Å². The minimum atomic E-state index is -0.567. The third kappa shape index (κ3) is 2.51. The number of nitrogens with zero attached hydrogens (tertiary/aromatic N) is 1. The Balaban J connectivity index is 1.82. The molecule has 2 fully saturated rings. The molecule has 18 heavy (non-hydrogen) atoms. The average molecular weight is 254 g/mol. The molecule has 1 saturated heterocycles. The predicted molar refractivity (Wildman–Crippen MR) is 67.0 cm³/mol. The number of amides is 3. The van der Waals surface area contributed by atoms with Gasteiger partial charge in [0.15, 0.2) is 0 Å². The van der Waals surface area contributed by atoms with Gasteiger partial charge < -0.3 is 10.4 Å². The third-order valence-electron chi connectivity index (χ3n) is 3.99. The molecule has 1 spiro atoms. The molecule has 0 unspecified atom stereocenters. The molecular formula is C13H22N2O3. The van der Waals surface area contributed by atoms with E-state index in [1.807, 2.05) is 0 Å². The number of hydrogen-bond donors (Lipinski definition) is 2. The van der Waals surface area contributed by atoms with E-state index in [4.69, 9.17) is 5.11 Å². The number of unbranched alkanes of at least 4 members (excludes halogenated alkanes) is 3. The van der Waals surface area contributed by atoms with E-state index in [1.54, 1.807) is 0 Å². The normalized spacial score (nSPS) is 21.9. The highest BCUT2D eigenvalue weighted by Gasteiger charge is 2.51. The molecule has 5 heteroatoms. The number of imide groups is 1. The number of aliphatic hydroxyl groups excluding tert-OH is 1. The summed E-state index contributed by atoms with van der Waals surface area (Å²) in [4.78, 5) is 25.5. The first-order chi connectivity index (χ1) is 8.69. The number of carbonyl (C=O) groups is 2. The highest BCUT2D eigenvalue weighted by atomic mass is 16.3. The summed E-state index contributed by atoms with van der Waals surface area (Å²) < 4.78 is 0. The van der Waals surface area contributed by atoms with E-state index in [0.717, 1.165) is 51.4 Å². The summed E-state index contributed by atoms with van der Waals surface area (Å²) in [5.74, 6) is -0.0211. The van der Waals surface area contributed by atoms with Crippen molar-refractivity contribution < 1.29 is 14.7 Å². The molecule has 0 radical (unpaired) electrons. The first-order valence-electron chi connectivity index (χ1n) is 6.95.